The number of thiazole rings is 1. The third kappa shape index (κ3) is 3.77. The lowest BCUT2D eigenvalue weighted by Gasteiger charge is -2.35. The molecule has 0 spiro atoms. The molecule has 2 rings (SSSR count). The molecule has 1 amide bonds. The van der Waals surface area contributed by atoms with Gasteiger partial charge in [0.1, 0.15) is 0 Å². The molecular weight excluding hydrogens is 274 g/mol. The van der Waals surface area contributed by atoms with Crippen LogP contribution in [0.3, 0.4) is 0 Å². The highest BCUT2D eigenvalue weighted by Gasteiger charge is 2.39. The summed E-state index contributed by atoms with van der Waals surface area (Å²) < 4.78 is 5.27. The summed E-state index contributed by atoms with van der Waals surface area (Å²) in [6.45, 7) is 4.89. The fraction of sp³-hybridized carbons (Fsp3) is 0.714. The lowest BCUT2D eigenvalue weighted by molar-refractivity contribution is -0.136. The number of carbonyl (C=O) groups excluding carboxylic acids is 1. The molecule has 6 heteroatoms. The number of piperidine rings is 1. The van der Waals surface area contributed by atoms with E-state index >= 15 is 0 Å². The Morgan fingerprint density at radius 1 is 1.55 bits per heavy atom. The van der Waals surface area contributed by atoms with Crippen LogP contribution < -0.4 is 10.6 Å². The summed E-state index contributed by atoms with van der Waals surface area (Å²) in [6.07, 6.45) is 2.46. The number of amides is 1. The van der Waals surface area contributed by atoms with Gasteiger partial charge in [-0.3, -0.25) is 4.79 Å². The van der Waals surface area contributed by atoms with Crippen LogP contribution in [0.2, 0.25) is 0 Å². The maximum atomic E-state index is 12.5. The van der Waals surface area contributed by atoms with Crippen LogP contribution in [0.4, 0.5) is 0 Å². The summed E-state index contributed by atoms with van der Waals surface area (Å²) in [5.41, 5.74) is 0.691. The van der Waals surface area contributed by atoms with Gasteiger partial charge in [0, 0.05) is 25.5 Å². The average molecular weight is 297 g/mol. The van der Waals surface area contributed by atoms with Gasteiger partial charge in [0.2, 0.25) is 5.91 Å². The molecule has 1 fully saturated rings. The molecule has 2 heterocycles. The Morgan fingerprint density at radius 3 is 2.90 bits per heavy atom. The van der Waals surface area contributed by atoms with Gasteiger partial charge in [0.05, 0.1) is 22.7 Å². The van der Waals surface area contributed by atoms with Gasteiger partial charge in [-0.2, -0.15) is 0 Å². The van der Waals surface area contributed by atoms with E-state index in [1.807, 2.05) is 6.92 Å². The minimum absolute atomic E-state index is 0.118. The van der Waals surface area contributed by atoms with Crippen molar-refractivity contribution in [2.75, 3.05) is 33.4 Å². The second kappa shape index (κ2) is 7.15. The number of aryl methyl sites for hydroxylation is 1. The third-order valence-corrected chi connectivity index (χ3v) is 4.62. The number of rotatable bonds is 6. The lowest BCUT2D eigenvalue weighted by atomic mass is 9.78. The van der Waals surface area contributed by atoms with E-state index in [4.69, 9.17) is 4.74 Å². The molecule has 2 N–H and O–H groups in total. The Balaban J connectivity index is 1.85. The third-order valence-electron chi connectivity index (χ3n) is 3.80. The topological polar surface area (TPSA) is 63.2 Å². The van der Waals surface area contributed by atoms with Gasteiger partial charge >= 0.3 is 0 Å². The molecule has 0 unspecified atom stereocenters. The number of aromatic nitrogens is 1. The van der Waals surface area contributed by atoms with Crippen LogP contribution in [0.5, 0.6) is 0 Å². The van der Waals surface area contributed by atoms with E-state index in [1.165, 1.54) is 0 Å². The predicted octanol–water partition coefficient (Wildman–Crippen LogP) is 1.13. The number of hydrogen-bond acceptors (Lipinski definition) is 5. The van der Waals surface area contributed by atoms with Crippen molar-refractivity contribution in [3.63, 3.8) is 0 Å². The Labute approximate surface area is 124 Å². The zero-order valence-electron chi connectivity index (χ0n) is 12.2. The molecule has 1 aliphatic rings. The molecule has 0 saturated carbocycles. The number of nitrogens with zero attached hydrogens (tertiary/aromatic N) is 1. The molecule has 20 heavy (non-hydrogen) atoms. The predicted molar refractivity (Wildman–Crippen MR) is 80.0 cm³/mol. The Bertz CT molecular complexity index is 436. The maximum Gasteiger partial charge on any atom is 0.228 e. The van der Waals surface area contributed by atoms with Crippen LogP contribution in [-0.4, -0.2) is 44.2 Å². The summed E-state index contributed by atoms with van der Waals surface area (Å²) in [4.78, 5) is 16.9. The second-order valence-corrected chi connectivity index (χ2v) is 6.39. The number of methoxy groups -OCH3 is 1. The molecule has 5 nitrogen and oxygen atoms in total. The van der Waals surface area contributed by atoms with E-state index in [1.54, 1.807) is 18.4 Å². The van der Waals surface area contributed by atoms with E-state index in [9.17, 15) is 4.79 Å². The highest BCUT2D eigenvalue weighted by Crippen LogP contribution is 2.29. The summed E-state index contributed by atoms with van der Waals surface area (Å²) >= 11 is 1.65. The molecule has 1 aromatic rings. The standard InChI is InChI=1S/C14H23N3O2S/c1-11-17-12(9-20-11)3-6-16-13(18)14(10-19-2)4-7-15-8-5-14/h9,15H,3-8,10H2,1-2H3,(H,16,18). The minimum Gasteiger partial charge on any atom is -0.384 e. The highest BCUT2D eigenvalue weighted by atomic mass is 32.1. The van der Waals surface area contributed by atoms with E-state index in [0.29, 0.717) is 13.2 Å². The number of nitrogens with one attached hydrogen (secondary N) is 2. The van der Waals surface area contributed by atoms with Gasteiger partial charge in [0.15, 0.2) is 0 Å². The summed E-state index contributed by atoms with van der Waals surface area (Å²) in [5.74, 6) is 0.118. The van der Waals surface area contributed by atoms with Gasteiger partial charge in [-0.05, 0) is 32.9 Å². The second-order valence-electron chi connectivity index (χ2n) is 5.33. The summed E-state index contributed by atoms with van der Waals surface area (Å²) in [6, 6.07) is 0. The zero-order chi connectivity index (χ0) is 14.4. The van der Waals surface area contributed by atoms with Crippen molar-refractivity contribution in [1.82, 2.24) is 15.6 Å². The smallest absolute Gasteiger partial charge is 0.228 e. The first-order valence-electron chi connectivity index (χ1n) is 7.05. The molecule has 0 aromatic carbocycles. The molecule has 1 aliphatic heterocycles. The van der Waals surface area contributed by atoms with Crippen molar-refractivity contribution < 1.29 is 9.53 Å². The Kier molecular flexibility index (Phi) is 5.51. The first-order valence-corrected chi connectivity index (χ1v) is 7.93. The molecule has 112 valence electrons. The first-order chi connectivity index (χ1) is 9.66. The van der Waals surface area contributed by atoms with E-state index < -0.39 is 0 Å². The Hall–Kier alpha value is -0.980. The van der Waals surface area contributed by atoms with Gasteiger partial charge in [-0.25, -0.2) is 4.98 Å². The van der Waals surface area contributed by atoms with Crippen molar-refractivity contribution in [1.29, 1.82) is 0 Å². The van der Waals surface area contributed by atoms with Crippen molar-refractivity contribution >= 4 is 17.2 Å². The molecule has 0 aliphatic carbocycles. The van der Waals surface area contributed by atoms with Crippen molar-refractivity contribution in [2.24, 2.45) is 5.41 Å². The first kappa shape index (κ1) is 15.4. The van der Waals surface area contributed by atoms with Gasteiger partial charge in [0.25, 0.3) is 0 Å². The molecule has 0 radical (unpaired) electrons. The van der Waals surface area contributed by atoms with E-state index in [-0.39, 0.29) is 11.3 Å². The van der Waals surface area contributed by atoms with Crippen LogP contribution in [-0.2, 0) is 16.0 Å². The number of carbonyl (C=O) groups is 1. The number of hydrogen-bond donors (Lipinski definition) is 2. The van der Waals surface area contributed by atoms with Crippen LogP contribution in [0, 0.1) is 12.3 Å². The number of ether oxygens (including phenoxy) is 1. The minimum atomic E-state index is -0.363. The molecule has 0 bridgehead atoms. The summed E-state index contributed by atoms with van der Waals surface area (Å²) in [7, 11) is 1.66. The monoisotopic (exact) mass is 297 g/mol. The molecule has 0 atom stereocenters. The SMILES string of the molecule is COCC1(C(=O)NCCc2csc(C)n2)CCNCC1. The van der Waals surface area contributed by atoms with Crippen LogP contribution in [0.1, 0.15) is 23.5 Å². The van der Waals surface area contributed by atoms with Crippen molar-refractivity contribution in [3.05, 3.63) is 16.1 Å². The Morgan fingerprint density at radius 2 is 2.30 bits per heavy atom. The molecular formula is C14H23N3O2S. The zero-order valence-corrected chi connectivity index (χ0v) is 13.0. The van der Waals surface area contributed by atoms with Gasteiger partial charge in [-0.1, -0.05) is 0 Å². The van der Waals surface area contributed by atoms with Gasteiger partial charge in [-0.15, -0.1) is 11.3 Å². The van der Waals surface area contributed by atoms with E-state index in [2.05, 4.69) is 21.0 Å². The lowest BCUT2D eigenvalue weighted by Crippen LogP contribution is -2.50. The molecule has 1 aromatic heterocycles. The highest BCUT2D eigenvalue weighted by molar-refractivity contribution is 7.09. The van der Waals surface area contributed by atoms with Gasteiger partial charge < -0.3 is 15.4 Å². The fourth-order valence-electron chi connectivity index (χ4n) is 2.63. The van der Waals surface area contributed by atoms with E-state index in [0.717, 1.165) is 43.1 Å². The van der Waals surface area contributed by atoms with Crippen LogP contribution >= 0.6 is 11.3 Å². The van der Waals surface area contributed by atoms with Crippen molar-refractivity contribution in [2.45, 2.75) is 26.2 Å². The van der Waals surface area contributed by atoms with Crippen molar-refractivity contribution in [3.8, 4) is 0 Å². The van der Waals surface area contributed by atoms with Crippen LogP contribution in [0.15, 0.2) is 5.38 Å². The summed E-state index contributed by atoms with van der Waals surface area (Å²) in [5, 5.41) is 9.47. The quantitative estimate of drug-likeness (QED) is 0.826. The largest absolute Gasteiger partial charge is 0.384 e. The average Bonchev–Trinajstić information content (AvgIpc) is 2.86. The van der Waals surface area contributed by atoms with Crippen LogP contribution in [0.25, 0.3) is 0 Å². The maximum absolute atomic E-state index is 12.5. The normalized spacial score (nSPS) is 17.9. The fourth-order valence-corrected chi connectivity index (χ4v) is 3.28. The molecule has 1 saturated heterocycles.